The van der Waals surface area contributed by atoms with Crippen LogP contribution in [0.15, 0.2) is 88.2 Å². The molecule has 13 nitrogen and oxygen atoms in total. The molecule has 3 heterocycles. The Balaban J connectivity index is 2.24. The van der Waals surface area contributed by atoms with Gasteiger partial charge in [0.05, 0.1) is 81.9 Å². The molecule has 0 N–H and O–H groups in total. The highest BCUT2D eigenvalue weighted by molar-refractivity contribution is 6.27. The van der Waals surface area contributed by atoms with Gasteiger partial charge in [0.15, 0.2) is 0 Å². The van der Waals surface area contributed by atoms with E-state index in [2.05, 4.69) is 0 Å². The number of fused-ring (bicyclic) bond motifs is 2. The Kier molecular flexibility index (Phi) is 8.09. The van der Waals surface area contributed by atoms with Crippen LogP contribution >= 0.6 is 0 Å². The van der Waals surface area contributed by atoms with Crippen molar-refractivity contribution in [2.75, 3.05) is 42.7 Å². The zero-order chi connectivity index (χ0) is 33.5. The van der Waals surface area contributed by atoms with Crippen molar-refractivity contribution in [2.45, 2.75) is 5.54 Å². The fourth-order valence-electron chi connectivity index (χ4n) is 6.22. The predicted octanol–water partition coefficient (Wildman–Crippen LogP) is 1.87. The second kappa shape index (κ2) is 11.8. The number of hydrogen-bond acceptors (Lipinski definition) is 13. The topological polar surface area (TPSA) is 161 Å². The van der Waals surface area contributed by atoms with E-state index in [9.17, 15) is 28.8 Å². The minimum atomic E-state index is -2.79. The molecule has 0 bridgehead atoms. The van der Waals surface area contributed by atoms with Crippen LogP contribution in [0.3, 0.4) is 0 Å². The van der Waals surface area contributed by atoms with Crippen molar-refractivity contribution < 1.29 is 57.2 Å². The molecule has 5 rings (SSSR count). The lowest BCUT2D eigenvalue weighted by Crippen LogP contribution is -2.60. The molecular weight excluding hydrogens is 602 g/mol. The third kappa shape index (κ3) is 4.08. The first-order valence-corrected chi connectivity index (χ1v) is 13.6. The second-order valence-corrected chi connectivity index (χ2v) is 9.85. The van der Waals surface area contributed by atoms with Crippen LogP contribution in [0.2, 0.25) is 0 Å². The highest BCUT2D eigenvalue weighted by atomic mass is 16.5. The highest BCUT2D eigenvalue weighted by Gasteiger charge is 2.70. The Morgan fingerprint density at radius 2 is 0.957 bits per heavy atom. The summed E-state index contributed by atoms with van der Waals surface area (Å²) in [5.74, 6) is -7.38. The fourth-order valence-corrected chi connectivity index (χ4v) is 6.22. The van der Waals surface area contributed by atoms with E-state index in [4.69, 9.17) is 28.4 Å². The molecule has 1 unspecified atom stereocenters. The van der Waals surface area contributed by atoms with Crippen LogP contribution in [0.25, 0.3) is 11.3 Å². The number of esters is 6. The van der Waals surface area contributed by atoms with Crippen LogP contribution in [-0.2, 0) is 57.2 Å². The zero-order valence-electron chi connectivity index (χ0n) is 25.5. The summed E-state index contributed by atoms with van der Waals surface area (Å²) in [6.07, 6.45) is 0. The predicted molar refractivity (Wildman–Crippen MR) is 157 cm³/mol. The smallest absolute Gasteiger partial charge is 0.342 e. The molecule has 13 heteroatoms. The average Bonchev–Trinajstić information content (AvgIpc) is 3.41. The highest BCUT2D eigenvalue weighted by Crippen LogP contribution is 2.61. The largest absolute Gasteiger partial charge is 0.467 e. The molecule has 236 valence electrons. The van der Waals surface area contributed by atoms with Gasteiger partial charge in [0.25, 0.3) is 0 Å². The fraction of sp³-hybridized carbons (Fsp3) is 0.212. The first-order valence-electron chi connectivity index (χ1n) is 13.6. The maximum Gasteiger partial charge on any atom is 0.342 e. The maximum absolute atomic E-state index is 14.5. The van der Waals surface area contributed by atoms with E-state index in [1.54, 1.807) is 54.6 Å². The van der Waals surface area contributed by atoms with Gasteiger partial charge in [-0.1, -0.05) is 54.6 Å². The van der Waals surface area contributed by atoms with E-state index < -0.39 is 69.2 Å². The number of ether oxygens (including phenoxy) is 6. The van der Waals surface area contributed by atoms with Gasteiger partial charge < -0.3 is 33.3 Å². The molecule has 0 radical (unpaired) electrons. The number of carbonyl (C=O) groups is 6. The molecule has 3 aliphatic heterocycles. The van der Waals surface area contributed by atoms with Gasteiger partial charge in [0.2, 0.25) is 5.54 Å². The zero-order valence-corrected chi connectivity index (χ0v) is 25.5. The van der Waals surface area contributed by atoms with Crippen LogP contribution < -0.4 is 0 Å². The molecule has 0 saturated carbocycles. The van der Waals surface area contributed by atoms with Crippen molar-refractivity contribution >= 4 is 47.1 Å². The van der Waals surface area contributed by atoms with Crippen molar-refractivity contribution in [1.82, 2.24) is 4.90 Å². The minimum absolute atomic E-state index is 0.121. The molecule has 1 atom stereocenters. The lowest BCUT2D eigenvalue weighted by molar-refractivity contribution is -0.154. The molecule has 0 fully saturated rings. The standard InChI is InChI=1S/C33H27NO12/c1-41-27(35)20-21(28(36)42-2)25-18-15-11-10-14-17(18)19(16-12-8-7-9-13-16)26-22(29(37)43-3)24(31(39)45-5)33(34(25)26,32(40)46-6)23(20)30(38)44-4/h7-15H,1-6H3. The average molecular weight is 630 g/mol. The summed E-state index contributed by atoms with van der Waals surface area (Å²) >= 11 is 0. The van der Waals surface area contributed by atoms with Crippen LogP contribution in [-0.4, -0.2) is 88.9 Å². The molecule has 0 spiro atoms. The molecule has 0 aromatic heterocycles. The molecule has 46 heavy (non-hydrogen) atoms. The molecule has 3 aliphatic rings. The first kappa shape index (κ1) is 31.4. The second-order valence-electron chi connectivity index (χ2n) is 9.85. The van der Waals surface area contributed by atoms with Crippen molar-refractivity contribution in [3.8, 4) is 0 Å². The van der Waals surface area contributed by atoms with Gasteiger partial charge in [-0.15, -0.1) is 0 Å². The summed E-state index contributed by atoms with van der Waals surface area (Å²) in [6, 6.07) is 15.3. The van der Waals surface area contributed by atoms with Crippen molar-refractivity contribution in [1.29, 1.82) is 0 Å². The molecule has 2 aromatic carbocycles. The summed E-state index contributed by atoms with van der Waals surface area (Å²) in [7, 11) is 6.03. The lowest BCUT2D eigenvalue weighted by atomic mass is 9.72. The van der Waals surface area contributed by atoms with E-state index in [1.807, 2.05) is 0 Å². The molecular formula is C33H27NO12. The Hall–Kier alpha value is -5.98. The number of rotatable bonds is 7. The Morgan fingerprint density at radius 1 is 0.500 bits per heavy atom. The summed E-state index contributed by atoms with van der Waals surface area (Å²) in [6.45, 7) is 0. The van der Waals surface area contributed by atoms with Gasteiger partial charge in [0, 0.05) is 11.1 Å². The summed E-state index contributed by atoms with van der Waals surface area (Å²) in [4.78, 5) is 84.9. The third-order valence-corrected chi connectivity index (χ3v) is 7.91. The summed E-state index contributed by atoms with van der Waals surface area (Å²) in [5.41, 5.74) is -4.94. The molecule has 0 aliphatic carbocycles. The van der Waals surface area contributed by atoms with Gasteiger partial charge in [-0.25, -0.2) is 28.8 Å². The van der Waals surface area contributed by atoms with Gasteiger partial charge in [0.1, 0.15) is 0 Å². The molecule has 0 amide bonds. The molecule has 2 aromatic rings. The SMILES string of the molecule is COC(=O)C1=C2c3ccccc3C(c3ccccc3)=C3C(C(=O)OC)=C(C(=O)OC)C(C(=O)OC)(C(C(=O)OC)=C1C(=O)OC)N32. The van der Waals surface area contributed by atoms with Gasteiger partial charge >= 0.3 is 35.8 Å². The van der Waals surface area contributed by atoms with Crippen LogP contribution in [0.5, 0.6) is 0 Å². The quantitative estimate of drug-likeness (QED) is 0.323. The van der Waals surface area contributed by atoms with Crippen LogP contribution in [0.1, 0.15) is 16.7 Å². The van der Waals surface area contributed by atoms with Gasteiger partial charge in [-0.05, 0) is 11.1 Å². The van der Waals surface area contributed by atoms with E-state index in [0.717, 1.165) is 47.6 Å². The normalized spacial score (nSPS) is 18.0. The summed E-state index contributed by atoms with van der Waals surface area (Å²) in [5, 5.41) is 0. The monoisotopic (exact) mass is 629 g/mol. The van der Waals surface area contributed by atoms with Crippen molar-refractivity contribution in [3.63, 3.8) is 0 Å². The van der Waals surface area contributed by atoms with E-state index in [0.29, 0.717) is 16.7 Å². The number of carbonyl (C=O) groups excluding carboxylic acids is 6. The lowest BCUT2D eigenvalue weighted by Gasteiger charge is -2.47. The van der Waals surface area contributed by atoms with Crippen molar-refractivity contribution in [2.24, 2.45) is 0 Å². The maximum atomic E-state index is 14.5. The van der Waals surface area contributed by atoms with Gasteiger partial charge in [-0.3, -0.25) is 0 Å². The Bertz CT molecular complexity index is 1860. The number of hydrogen-bond donors (Lipinski definition) is 0. The van der Waals surface area contributed by atoms with Gasteiger partial charge in [-0.2, -0.15) is 0 Å². The van der Waals surface area contributed by atoms with E-state index >= 15 is 0 Å². The van der Waals surface area contributed by atoms with E-state index in [1.165, 1.54) is 0 Å². The van der Waals surface area contributed by atoms with Crippen molar-refractivity contribution in [3.05, 3.63) is 105 Å². The third-order valence-electron chi connectivity index (χ3n) is 7.91. The number of methoxy groups -OCH3 is 6. The Morgan fingerprint density at radius 3 is 1.48 bits per heavy atom. The van der Waals surface area contributed by atoms with Crippen LogP contribution in [0, 0.1) is 0 Å². The number of nitrogens with zero attached hydrogens (tertiary/aromatic N) is 1. The summed E-state index contributed by atoms with van der Waals surface area (Å²) < 4.78 is 30.7. The minimum Gasteiger partial charge on any atom is -0.467 e. The van der Waals surface area contributed by atoms with Crippen LogP contribution in [0.4, 0.5) is 0 Å². The molecule has 0 saturated heterocycles. The number of benzene rings is 2. The Labute approximate surface area is 262 Å². The van der Waals surface area contributed by atoms with E-state index in [-0.39, 0.29) is 17.0 Å². The first-order chi connectivity index (χ1) is 22.1.